The summed E-state index contributed by atoms with van der Waals surface area (Å²) in [7, 11) is 0. The molecule has 2 atom stereocenters. The number of hydrogen-bond acceptors (Lipinski definition) is 2. The molecule has 1 aromatic rings. The molecular weight excluding hydrogens is 224 g/mol. The van der Waals surface area contributed by atoms with Gasteiger partial charge in [0.2, 0.25) is 0 Å². The van der Waals surface area contributed by atoms with Crippen molar-refractivity contribution in [2.24, 2.45) is 5.92 Å². The van der Waals surface area contributed by atoms with E-state index in [2.05, 4.69) is 24.3 Å². The molecule has 2 heteroatoms. The quantitative estimate of drug-likeness (QED) is 0.796. The third kappa shape index (κ3) is 2.35. The summed E-state index contributed by atoms with van der Waals surface area (Å²) in [5.41, 5.74) is 2.71. The van der Waals surface area contributed by atoms with Crippen LogP contribution in [0.2, 0.25) is 0 Å². The maximum atomic E-state index is 11.9. The van der Waals surface area contributed by atoms with Crippen LogP contribution in [0, 0.1) is 5.92 Å². The Balaban J connectivity index is 1.75. The summed E-state index contributed by atoms with van der Waals surface area (Å²) in [5, 5.41) is 0. The number of carbonyl (C=O) groups excluding carboxylic acids is 1. The van der Waals surface area contributed by atoms with Crippen molar-refractivity contribution in [3.63, 3.8) is 0 Å². The van der Waals surface area contributed by atoms with E-state index in [-0.39, 0.29) is 12.0 Å². The zero-order chi connectivity index (χ0) is 12.4. The van der Waals surface area contributed by atoms with Crippen molar-refractivity contribution in [3.8, 4) is 0 Å². The van der Waals surface area contributed by atoms with Gasteiger partial charge in [-0.05, 0) is 36.8 Å². The molecule has 3 rings (SSSR count). The predicted molar refractivity (Wildman–Crippen MR) is 70.4 cm³/mol. The Hall–Kier alpha value is -1.15. The van der Waals surface area contributed by atoms with Crippen molar-refractivity contribution in [1.29, 1.82) is 0 Å². The number of fused-ring (bicyclic) bond motifs is 1. The first-order chi connectivity index (χ1) is 8.84. The van der Waals surface area contributed by atoms with Crippen molar-refractivity contribution in [2.75, 3.05) is 6.61 Å². The van der Waals surface area contributed by atoms with Gasteiger partial charge in [0.05, 0.1) is 12.7 Å². The summed E-state index contributed by atoms with van der Waals surface area (Å²) in [6.45, 7) is 0.794. The Labute approximate surface area is 108 Å². The molecule has 0 amide bonds. The highest BCUT2D eigenvalue weighted by Crippen LogP contribution is 2.35. The molecule has 2 nitrogen and oxygen atoms in total. The van der Waals surface area contributed by atoms with Gasteiger partial charge in [-0.15, -0.1) is 0 Å². The normalized spacial score (nSPS) is 27.9. The topological polar surface area (TPSA) is 26.3 Å². The Morgan fingerprint density at radius 3 is 2.94 bits per heavy atom. The van der Waals surface area contributed by atoms with E-state index in [0.29, 0.717) is 5.78 Å². The van der Waals surface area contributed by atoms with Crippen LogP contribution in [0.25, 0.3) is 0 Å². The Bertz CT molecular complexity index is 438. The summed E-state index contributed by atoms with van der Waals surface area (Å²) >= 11 is 0. The summed E-state index contributed by atoms with van der Waals surface area (Å²) in [6.07, 6.45) is 6.14. The molecular formula is C16H20O2. The fourth-order valence-electron chi connectivity index (χ4n) is 3.23. The van der Waals surface area contributed by atoms with Crippen LogP contribution in [-0.4, -0.2) is 12.4 Å². The lowest BCUT2D eigenvalue weighted by Crippen LogP contribution is -2.25. The SMILES string of the molecule is O=C1CCCCC1CC1OCCc2ccccc21. The van der Waals surface area contributed by atoms with E-state index in [0.717, 1.165) is 38.7 Å². The fourth-order valence-corrected chi connectivity index (χ4v) is 3.23. The molecule has 1 heterocycles. The van der Waals surface area contributed by atoms with Crippen LogP contribution in [0.4, 0.5) is 0 Å². The van der Waals surface area contributed by atoms with Crippen molar-refractivity contribution in [3.05, 3.63) is 35.4 Å². The molecule has 0 N–H and O–H groups in total. The molecule has 1 aromatic carbocycles. The molecule has 0 bridgehead atoms. The van der Waals surface area contributed by atoms with E-state index in [9.17, 15) is 4.79 Å². The standard InChI is InChI=1S/C16H20O2/c17-15-8-4-2-6-13(15)11-16-14-7-3-1-5-12(14)9-10-18-16/h1,3,5,7,13,16H,2,4,6,8-11H2. The zero-order valence-electron chi connectivity index (χ0n) is 10.7. The number of benzene rings is 1. The maximum Gasteiger partial charge on any atom is 0.136 e. The molecule has 0 radical (unpaired) electrons. The number of ketones is 1. The predicted octanol–water partition coefficient (Wildman–Crippen LogP) is 3.45. The number of carbonyl (C=O) groups is 1. The fraction of sp³-hybridized carbons (Fsp3) is 0.562. The Morgan fingerprint density at radius 2 is 2.06 bits per heavy atom. The molecule has 0 aromatic heterocycles. The lowest BCUT2D eigenvalue weighted by atomic mass is 9.82. The number of Topliss-reactive ketones (excluding diaryl/α,β-unsaturated/α-hetero) is 1. The van der Waals surface area contributed by atoms with Crippen molar-refractivity contribution >= 4 is 5.78 Å². The number of ether oxygens (including phenoxy) is 1. The minimum Gasteiger partial charge on any atom is -0.373 e. The summed E-state index contributed by atoms with van der Waals surface area (Å²) in [4.78, 5) is 11.9. The molecule has 0 spiro atoms. The van der Waals surface area contributed by atoms with E-state index in [4.69, 9.17) is 4.74 Å². The third-order valence-electron chi connectivity index (χ3n) is 4.27. The second-order valence-electron chi connectivity index (χ2n) is 5.45. The van der Waals surface area contributed by atoms with Gasteiger partial charge >= 0.3 is 0 Å². The van der Waals surface area contributed by atoms with Crippen LogP contribution < -0.4 is 0 Å². The lowest BCUT2D eigenvalue weighted by molar-refractivity contribution is -0.126. The van der Waals surface area contributed by atoms with Crippen LogP contribution >= 0.6 is 0 Å². The van der Waals surface area contributed by atoms with Crippen molar-refractivity contribution in [1.82, 2.24) is 0 Å². The maximum absolute atomic E-state index is 11.9. The summed E-state index contributed by atoms with van der Waals surface area (Å²) in [6, 6.07) is 8.51. The monoisotopic (exact) mass is 244 g/mol. The molecule has 0 saturated heterocycles. The highest BCUT2D eigenvalue weighted by atomic mass is 16.5. The van der Waals surface area contributed by atoms with E-state index < -0.39 is 0 Å². The first kappa shape index (κ1) is 11.9. The van der Waals surface area contributed by atoms with Gasteiger partial charge in [0.1, 0.15) is 5.78 Å². The smallest absolute Gasteiger partial charge is 0.136 e. The molecule has 1 aliphatic carbocycles. The molecule has 2 unspecified atom stereocenters. The molecule has 1 aliphatic heterocycles. The van der Waals surface area contributed by atoms with E-state index >= 15 is 0 Å². The largest absolute Gasteiger partial charge is 0.373 e. The summed E-state index contributed by atoms with van der Waals surface area (Å²) in [5.74, 6) is 0.683. The molecule has 1 saturated carbocycles. The van der Waals surface area contributed by atoms with Crippen molar-refractivity contribution in [2.45, 2.75) is 44.6 Å². The number of hydrogen-bond donors (Lipinski definition) is 0. The minimum atomic E-state index is 0.141. The van der Waals surface area contributed by atoms with Crippen LogP contribution in [0.3, 0.4) is 0 Å². The summed E-state index contributed by atoms with van der Waals surface area (Å²) < 4.78 is 5.90. The van der Waals surface area contributed by atoms with Gasteiger partial charge in [0.15, 0.2) is 0 Å². The highest BCUT2D eigenvalue weighted by molar-refractivity contribution is 5.81. The average Bonchev–Trinajstić information content (AvgIpc) is 2.42. The van der Waals surface area contributed by atoms with Crippen LogP contribution in [0.1, 0.15) is 49.3 Å². The molecule has 1 fully saturated rings. The molecule has 2 aliphatic rings. The van der Waals surface area contributed by atoms with Gasteiger partial charge in [-0.1, -0.05) is 30.7 Å². The van der Waals surface area contributed by atoms with Gasteiger partial charge < -0.3 is 4.74 Å². The second kappa shape index (κ2) is 5.23. The van der Waals surface area contributed by atoms with E-state index in [1.807, 2.05) is 0 Å². The second-order valence-corrected chi connectivity index (χ2v) is 5.45. The van der Waals surface area contributed by atoms with Gasteiger partial charge in [-0.3, -0.25) is 4.79 Å². The third-order valence-corrected chi connectivity index (χ3v) is 4.27. The first-order valence-corrected chi connectivity index (χ1v) is 7.07. The van der Waals surface area contributed by atoms with E-state index in [1.165, 1.54) is 17.5 Å². The van der Waals surface area contributed by atoms with Crippen molar-refractivity contribution < 1.29 is 9.53 Å². The molecule has 18 heavy (non-hydrogen) atoms. The Kier molecular flexibility index (Phi) is 3.46. The number of rotatable bonds is 2. The van der Waals surface area contributed by atoms with Gasteiger partial charge in [-0.25, -0.2) is 0 Å². The lowest BCUT2D eigenvalue weighted by Gasteiger charge is -2.30. The highest BCUT2D eigenvalue weighted by Gasteiger charge is 2.28. The van der Waals surface area contributed by atoms with E-state index in [1.54, 1.807) is 0 Å². The van der Waals surface area contributed by atoms with Crippen LogP contribution in [0.5, 0.6) is 0 Å². The van der Waals surface area contributed by atoms with Gasteiger partial charge in [0.25, 0.3) is 0 Å². The van der Waals surface area contributed by atoms with Gasteiger partial charge in [0, 0.05) is 12.3 Å². The Morgan fingerprint density at radius 1 is 1.17 bits per heavy atom. The van der Waals surface area contributed by atoms with Crippen LogP contribution in [-0.2, 0) is 16.0 Å². The first-order valence-electron chi connectivity index (χ1n) is 7.07. The minimum absolute atomic E-state index is 0.141. The zero-order valence-corrected chi connectivity index (χ0v) is 10.7. The van der Waals surface area contributed by atoms with Crippen LogP contribution in [0.15, 0.2) is 24.3 Å². The average molecular weight is 244 g/mol. The van der Waals surface area contributed by atoms with Gasteiger partial charge in [-0.2, -0.15) is 0 Å². The molecule has 96 valence electrons.